The molecule has 4 heteroatoms. The topological polar surface area (TPSA) is 32.7 Å². The second-order valence-electron chi connectivity index (χ2n) is 5.02. The Bertz CT molecular complexity index is 421. The molecule has 1 N–H and O–H groups in total. The van der Waals surface area contributed by atoms with Crippen LogP contribution in [-0.4, -0.2) is 30.9 Å². The van der Waals surface area contributed by atoms with E-state index in [1.165, 1.54) is 6.07 Å². The van der Waals surface area contributed by atoms with E-state index in [0.717, 1.165) is 19.4 Å². The number of hydrogen-bond acceptors (Lipinski definition) is 3. The summed E-state index contributed by atoms with van der Waals surface area (Å²) in [6, 6.07) is 4.88. The highest BCUT2D eigenvalue weighted by Crippen LogP contribution is 2.31. The second kappa shape index (κ2) is 6.35. The molecule has 0 spiro atoms. The summed E-state index contributed by atoms with van der Waals surface area (Å²) in [6.45, 7) is 5.82. The fourth-order valence-electron chi connectivity index (χ4n) is 2.72. The summed E-state index contributed by atoms with van der Waals surface area (Å²) >= 11 is 0. The summed E-state index contributed by atoms with van der Waals surface area (Å²) in [5, 5.41) is 9.80. The van der Waals surface area contributed by atoms with E-state index in [4.69, 9.17) is 4.74 Å². The van der Waals surface area contributed by atoms with Gasteiger partial charge in [0.05, 0.1) is 17.9 Å². The maximum Gasteiger partial charge on any atom is 0.146 e. The van der Waals surface area contributed by atoms with Crippen LogP contribution in [0, 0.1) is 5.82 Å². The van der Waals surface area contributed by atoms with E-state index in [-0.39, 0.29) is 11.9 Å². The van der Waals surface area contributed by atoms with Crippen molar-refractivity contribution in [1.82, 2.24) is 0 Å². The van der Waals surface area contributed by atoms with Crippen molar-refractivity contribution < 1.29 is 14.2 Å². The zero-order chi connectivity index (χ0) is 13.8. The molecule has 0 bridgehead atoms. The first-order chi connectivity index (χ1) is 9.13. The summed E-state index contributed by atoms with van der Waals surface area (Å²) in [7, 11) is 0. The highest BCUT2D eigenvalue weighted by molar-refractivity contribution is 5.56. The molecule has 1 aromatic carbocycles. The molecule has 1 fully saturated rings. The normalized spacial score (nSPS) is 21.5. The molecule has 1 aromatic rings. The Morgan fingerprint density at radius 2 is 2.32 bits per heavy atom. The molecule has 1 aliphatic heterocycles. The standard InChI is InChI=1S/C15H22FNO2/c1-3-19-12-6-5-9-17(10-12)15-13(11(2)18)7-4-8-14(15)16/h4,7-8,11-12,18H,3,5-6,9-10H2,1-2H3. The van der Waals surface area contributed by atoms with Crippen LogP contribution in [0.3, 0.4) is 0 Å². The smallest absolute Gasteiger partial charge is 0.146 e. The van der Waals surface area contributed by atoms with Crippen LogP contribution in [-0.2, 0) is 4.74 Å². The van der Waals surface area contributed by atoms with E-state index in [1.54, 1.807) is 19.1 Å². The minimum absolute atomic E-state index is 0.153. The van der Waals surface area contributed by atoms with Crippen molar-refractivity contribution in [2.24, 2.45) is 0 Å². The molecule has 2 atom stereocenters. The molecule has 3 nitrogen and oxygen atoms in total. The first kappa shape index (κ1) is 14.3. The lowest BCUT2D eigenvalue weighted by molar-refractivity contribution is 0.0524. The number of hydrogen-bond donors (Lipinski definition) is 1. The minimum atomic E-state index is -0.668. The summed E-state index contributed by atoms with van der Waals surface area (Å²) in [6.07, 6.45) is 1.49. The van der Waals surface area contributed by atoms with Gasteiger partial charge in [-0.15, -0.1) is 0 Å². The number of aliphatic hydroxyl groups excluding tert-OH is 1. The van der Waals surface area contributed by atoms with Crippen molar-refractivity contribution in [3.63, 3.8) is 0 Å². The third-order valence-corrected chi connectivity index (χ3v) is 3.56. The highest BCUT2D eigenvalue weighted by atomic mass is 19.1. The van der Waals surface area contributed by atoms with Crippen molar-refractivity contribution in [3.8, 4) is 0 Å². The van der Waals surface area contributed by atoms with Crippen LogP contribution in [0.15, 0.2) is 18.2 Å². The second-order valence-corrected chi connectivity index (χ2v) is 5.02. The number of halogens is 1. The number of rotatable bonds is 4. The number of para-hydroxylation sites is 1. The highest BCUT2D eigenvalue weighted by Gasteiger charge is 2.25. The van der Waals surface area contributed by atoms with E-state index in [2.05, 4.69) is 0 Å². The van der Waals surface area contributed by atoms with E-state index < -0.39 is 6.10 Å². The maximum atomic E-state index is 14.1. The van der Waals surface area contributed by atoms with Gasteiger partial charge in [0.25, 0.3) is 0 Å². The monoisotopic (exact) mass is 267 g/mol. The molecular formula is C15H22FNO2. The van der Waals surface area contributed by atoms with Gasteiger partial charge in [0.2, 0.25) is 0 Å². The van der Waals surface area contributed by atoms with Crippen LogP contribution in [0.1, 0.15) is 38.4 Å². The van der Waals surface area contributed by atoms with Gasteiger partial charge in [-0.3, -0.25) is 0 Å². The zero-order valence-corrected chi connectivity index (χ0v) is 11.6. The molecule has 1 saturated heterocycles. The molecule has 0 aromatic heterocycles. The Labute approximate surface area is 114 Å². The van der Waals surface area contributed by atoms with Crippen LogP contribution in [0.25, 0.3) is 0 Å². The molecule has 0 radical (unpaired) electrons. The number of aliphatic hydroxyl groups is 1. The van der Waals surface area contributed by atoms with Gasteiger partial charge in [-0.1, -0.05) is 12.1 Å². The van der Waals surface area contributed by atoms with Gasteiger partial charge in [-0.25, -0.2) is 4.39 Å². The fraction of sp³-hybridized carbons (Fsp3) is 0.600. The van der Waals surface area contributed by atoms with Crippen LogP contribution < -0.4 is 4.90 Å². The van der Waals surface area contributed by atoms with Crippen molar-refractivity contribution >= 4 is 5.69 Å². The van der Waals surface area contributed by atoms with Crippen LogP contribution in [0.5, 0.6) is 0 Å². The molecule has 2 unspecified atom stereocenters. The van der Waals surface area contributed by atoms with Gasteiger partial charge < -0.3 is 14.7 Å². The predicted molar refractivity (Wildman–Crippen MR) is 73.9 cm³/mol. The Morgan fingerprint density at radius 1 is 1.53 bits per heavy atom. The minimum Gasteiger partial charge on any atom is -0.389 e. The van der Waals surface area contributed by atoms with E-state index >= 15 is 0 Å². The number of benzene rings is 1. The molecule has 0 amide bonds. The van der Waals surface area contributed by atoms with Crippen LogP contribution >= 0.6 is 0 Å². The van der Waals surface area contributed by atoms with Gasteiger partial charge in [0, 0.05) is 25.3 Å². The van der Waals surface area contributed by atoms with Crippen LogP contribution in [0.2, 0.25) is 0 Å². The molecular weight excluding hydrogens is 245 g/mol. The van der Waals surface area contributed by atoms with Gasteiger partial charge in [0.1, 0.15) is 5.82 Å². The lowest BCUT2D eigenvalue weighted by Crippen LogP contribution is -2.40. The third kappa shape index (κ3) is 3.25. The molecule has 0 aliphatic carbocycles. The first-order valence-electron chi connectivity index (χ1n) is 6.96. The predicted octanol–water partition coefficient (Wildman–Crippen LogP) is 2.88. The molecule has 0 saturated carbocycles. The summed E-state index contributed by atoms with van der Waals surface area (Å²) in [4.78, 5) is 2.00. The maximum absolute atomic E-state index is 14.1. The Morgan fingerprint density at radius 3 is 3.00 bits per heavy atom. The zero-order valence-electron chi connectivity index (χ0n) is 11.6. The van der Waals surface area contributed by atoms with Crippen LogP contribution in [0.4, 0.5) is 10.1 Å². The molecule has 106 valence electrons. The third-order valence-electron chi connectivity index (χ3n) is 3.56. The van der Waals surface area contributed by atoms with E-state index in [1.807, 2.05) is 11.8 Å². The van der Waals surface area contributed by atoms with Crippen molar-refractivity contribution in [3.05, 3.63) is 29.6 Å². The summed E-state index contributed by atoms with van der Waals surface area (Å²) < 4.78 is 19.8. The number of ether oxygens (including phenoxy) is 1. The first-order valence-corrected chi connectivity index (χ1v) is 6.96. The Balaban J connectivity index is 2.25. The Hall–Kier alpha value is -1.13. The quantitative estimate of drug-likeness (QED) is 0.910. The summed E-state index contributed by atoms with van der Waals surface area (Å²) in [5.41, 5.74) is 1.18. The average Bonchev–Trinajstić information content (AvgIpc) is 2.39. The largest absolute Gasteiger partial charge is 0.389 e. The van der Waals surface area contributed by atoms with Gasteiger partial charge >= 0.3 is 0 Å². The number of piperidine rings is 1. The average molecular weight is 267 g/mol. The molecule has 19 heavy (non-hydrogen) atoms. The summed E-state index contributed by atoms with van der Waals surface area (Å²) in [5.74, 6) is -0.268. The number of nitrogens with zero attached hydrogens (tertiary/aromatic N) is 1. The fourth-order valence-corrected chi connectivity index (χ4v) is 2.72. The van der Waals surface area contributed by atoms with Gasteiger partial charge in [-0.2, -0.15) is 0 Å². The molecule has 1 heterocycles. The SMILES string of the molecule is CCOC1CCCN(c2c(F)cccc2C(C)O)C1. The lowest BCUT2D eigenvalue weighted by Gasteiger charge is -2.35. The Kier molecular flexibility index (Phi) is 4.77. The molecule has 2 rings (SSSR count). The van der Waals surface area contributed by atoms with Gasteiger partial charge in [-0.05, 0) is 32.8 Å². The van der Waals surface area contributed by atoms with E-state index in [9.17, 15) is 9.50 Å². The van der Waals surface area contributed by atoms with Crippen molar-refractivity contribution in [2.45, 2.75) is 38.9 Å². The lowest BCUT2D eigenvalue weighted by atomic mass is 10.0. The number of anilines is 1. The van der Waals surface area contributed by atoms with E-state index in [0.29, 0.717) is 24.4 Å². The molecule has 1 aliphatic rings. The van der Waals surface area contributed by atoms with Gasteiger partial charge in [0.15, 0.2) is 0 Å². The van der Waals surface area contributed by atoms with Crippen molar-refractivity contribution in [1.29, 1.82) is 0 Å². The van der Waals surface area contributed by atoms with Crippen molar-refractivity contribution in [2.75, 3.05) is 24.6 Å².